The Labute approximate surface area is 122 Å². The lowest BCUT2D eigenvalue weighted by molar-refractivity contribution is 0.164. The highest BCUT2D eigenvalue weighted by atomic mass is 32.1. The zero-order chi connectivity index (χ0) is 13.8. The van der Waals surface area contributed by atoms with Crippen LogP contribution in [0.4, 0.5) is 0 Å². The van der Waals surface area contributed by atoms with Gasteiger partial charge in [0, 0.05) is 18.2 Å². The van der Waals surface area contributed by atoms with Gasteiger partial charge in [-0.25, -0.2) is 0 Å². The first kappa shape index (κ1) is 14.5. The van der Waals surface area contributed by atoms with Crippen LogP contribution >= 0.6 is 12.2 Å². The zero-order valence-corrected chi connectivity index (χ0v) is 12.7. The molecule has 1 saturated carbocycles. The summed E-state index contributed by atoms with van der Waals surface area (Å²) in [4.78, 5) is 2.96. The van der Waals surface area contributed by atoms with E-state index in [1.807, 2.05) is 12.1 Å². The summed E-state index contributed by atoms with van der Waals surface area (Å²) < 4.78 is 0. The van der Waals surface area contributed by atoms with Gasteiger partial charge in [-0.1, -0.05) is 43.4 Å². The standard InChI is InChI=1S/C16H24N2S/c1-12-7-9-14(10-8-12)18(2)11-13-5-3-4-6-15(13)16(17)19/h3-6,12,14H,7-11H2,1-2H3,(H2,17,19). The fraction of sp³-hybridized carbons (Fsp3) is 0.562. The second-order valence-electron chi connectivity index (χ2n) is 5.85. The average Bonchev–Trinajstić information content (AvgIpc) is 2.39. The third-order valence-electron chi connectivity index (χ3n) is 4.31. The molecule has 1 aromatic carbocycles. The van der Waals surface area contributed by atoms with Gasteiger partial charge >= 0.3 is 0 Å². The smallest absolute Gasteiger partial charge is 0.104 e. The molecule has 104 valence electrons. The molecule has 0 amide bonds. The minimum atomic E-state index is 0.501. The summed E-state index contributed by atoms with van der Waals surface area (Å²) in [6.45, 7) is 3.30. The summed E-state index contributed by atoms with van der Waals surface area (Å²) in [6.07, 6.45) is 5.33. The number of hydrogen-bond donors (Lipinski definition) is 1. The molecule has 1 aromatic rings. The van der Waals surface area contributed by atoms with Crippen LogP contribution in [0.15, 0.2) is 24.3 Å². The maximum absolute atomic E-state index is 5.80. The largest absolute Gasteiger partial charge is 0.389 e. The lowest BCUT2D eigenvalue weighted by atomic mass is 9.86. The van der Waals surface area contributed by atoms with Gasteiger partial charge in [0.2, 0.25) is 0 Å². The second-order valence-corrected chi connectivity index (χ2v) is 6.29. The molecule has 1 fully saturated rings. The second kappa shape index (κ2) is 6.49. The third-order valence-corrected chi connectivity index (χ3v) is 4.53. The highest BCUT2D eigenvalue weighted by Crippen LogP contribution is 2.27. The van der Waals surface area contributed by atoms with Crippen LogP contribution in [0.2, 0.25) is 0 Å². The number of thiocarbonyl (C=S) groups is 1. The molecule has 0 saturated heterocycles. The molecule has 0 spiro atoms. The molecular formula is C16H24N2S. The van der Waals surface area contributed by atoms with E-state index in [9.17, 15) is 0 Å². The minimum Gasteiger partial charge on any atom is -0.389 e. The molecular weight excluding hydrogens is 252 g/mol. The Bertz CT molecular complexity index is 436. The van der Waals surface area contributed by atoms with Crippen molar-refractivity contribution in [2.45, 2.75) is 45.2 Å². The minimum absolute atomic E-state index is 0.501. The predicted octanol–water partition coefficient (Wildman–Crippen LogP) is 3.33. The van der Waals surface area contributed by atoms with Crippen LogP contribution in [-0.2, 0) is 6.54 Å². The Kier molecular flexibility index (Phi) is 4.94. The topological polar surface area (TPSA) is 29.3 Å². The summed E-state index contributed by atoms with van der Waals surface area (Å²) in [5.74, 6) is 0.897. The molecule has 0 aliphatic heterocycles. The van der Waals surface area contributed by atoms with Gasteiger partial charge in [-0.2, -0.15) is 0 Å². The van der Waals surface area contributed by atoms with Crippen molar-refractivity contribution in [2.24, 2.45) is 11.7 Å². The number of benzene rings is 1. The van der Waals surface area contributed by atoms with E-state index in [0.717, 1.165) is 18.0 Å². The van der Waals surface area contributed by atoms with Crippen LogP contribution in [0, 0.1) is 5.92 Å². The summed E-state index contributed by atoms with van der Waals surface area (Å²) in [7, 11) is 2.22. The number of rotatable bonds is 4. The van der Waals surface area contributed by atoms with Gasteiger partial charge in [0.15, 0.2) is 0 Å². The summed E-state index contributed by atoms with van der Waals surface area (Å²) >= 11 is 5.13. The zero-order valence-electron chi connectivity index (χ0n) is 11.9. The summed E-state index contributed by atoms with van der Waals surface area (Å²) in [5, 5.41) is 0. The van der Waals surface area contributed by atoms with Crippen LogP contribution in [0.3, 0.4) is 0 Å². The van der Waals surface area contributed by atoms with E-state index in [1.165, 1.54) is 31.2 Å². The van der Waals surface area contributed by atoms with Crippen molar-refractivity contribution >= 4 is 17.2 Å². The lowest BCUT2D eigenvalue weighted by Crippen LogP contribution is -2.34. The van der Waals surface area contributed by atoms with Crippen LogP contribution in [-0.4, -0.2) is 23.0 Å². The Morgan fingerprint density at radius 1 is 1.26 bits per heavy atom. The molecule has 2 nitrogen and oxygen atoms in total. The van der Waals surface area contributed by atoms with Gasteiger partial charge in [0.1, 0.15) is 4.99 Å². The molecule has 19 heavy (non-hydrogen) atoms. The SMILES string of the molecule is CC1CCC(N(C)Cc2ccccc2C(N)=S)CC1. The molecule has 1 aliphatic rings. The average molecular weight is 276 g/mol. The Morgan fingerprint density at radius 3 is 2.53 bits per heavy atom. The van der Waals surface area contributed by atoms with Gasteiger partial charge < -0.3 is 5.73 Å². The fourth-order valence-electron chi connectivity index (χ4n) is 2.98. The van der Waals surface area contributed by atoms with Gasteiger partial charge in [-0.3, -0.25) is 4.90 Å². The quantitative estimate of drug-likeness (QED) is 0.855. The van der Waals surface area contributed by atoms with Gasteiger partial charge in [-0.05, 0) is 44.2 Å². The summed E-state index contributed by atoms with van der Waals surface area (Å²) in [6, 6.07) is 8.93. The molecule has 0 bridgehead atoms. The van der Waals surface area contributed by atoms with Crippen molar-refractivity contribution < 1.29 is 0 Å². The maximum atomic E-state index is 5.80. The Morgan fingerprint density at radius 2 is 1.89 bits per heavy atom. The molecule has 3 heteroatoms. The van der Waals surface area contributed by atoms with Crippen molar-refractivity contribution in [2.75, 3.05) is 7.05 Å². The van der Waals surface area contributed by atoms with Crippen LogP contribution in [0.1, 0.15) is 43.7 Å². The highest BCUT2D eigenvalue weighted by Gasteiger charge is 2.22. The monoisotopic (exact) mass is 276 g/mol. The normalized spacial score (nSPS) is 23.5. The number of hydrogen-bond acceptors (Lipinski definition) is 2. The van der Waals surface area contributed by atoms with E-state index >= 15 is 0 Å². The Hall–Kier alpha value is -0.930. The molecule has 0 heterocycles. The van der Waals surface area contributed by atoms with Gasteiger partial charge in [0.25, 0.3) is 0 Å². The van der Waals surface area contributed by atoms with E-state index in [0.29, 0.717) is 11.0 Å². The van der Waals surface area contributed by atoms with Crippen molar-refractivity contribution in [1.29, 1.82) is 0 Å². The number of nitrogens with two attached hydrogens (primary N) is 1. The van der Waals surface area contributed by atoms with E-state index in [4.69, 9.17) is 18.0 Å². The van der Waals surface area contributed by atoms with Crippen LogP contribution in [0.25, 0.3) is 0 Å². The maximum Gasteiger partial charge on any atom is 0.104 e. The van der Waals surface area contributed by atoms with Crippen molar-refractivity contribution in [3.05, 3.63) is 35.4 Å². The molecule has 2 N–H and O–H groups in total. The van der Waals surface area contributed by atoms with Crippen molar-refractivity contribution in [3.8, 4) is 0 Å². The summed E-state index contributed by atoms with van der Waals surface area (Å²) in [5.41, 5.74) is 8.07. The van der Waals surface area contributed by atoms with Gasteiger partial charge in [-0.15, -0.1) is 0 Å². The third kappa shape index (κ3) is 3.77. The molecule has 0 aromatic heterocycles. The number of nitrogens with zero attached hydrogens (tertiary/aromatic N) is 1. The molecule has 0 atom stereocenters. The van der Waals surface area contributed by atoms with Crippen LogP contribution in [0.5, 0.6) is 0 Å². The van der Waals surface area contributed by atoms with Crippen molar-refractivity contribution in [1.82, 2.24) is 4.90 Å². The van der Waals surface area contributed by atoms with E-state index in [2.05, 4.69) is 31.0 Å². The highest BCUT2D eigenvalue weighted by molar-refractivity contribution is 7.80. The van der Waals surface area contributed by atoms with E-state index < -0.39 is 0 Å². The van der Waals surface area contributed by atoms with E-state index in [1.54, 1.807) is 0 Å². The van der Waals surface area contributed by atoms with Crippen LogP contribution < -0.4 is 5.73 Å². The molecule has 1 aliphatic carbocycles. The molecule has 0 unspecified atom stereocenters. The molecule has 2 rings (SSSR count). The fourth-order valence-corrected chi connectivity index (χ4v) is 3.18. The van der Waals surface area contributed by atoms with Gasteiger partial charge in [0.05, 0.1) is 0 Å². The molecule has 0 radical (unpaired) electrons. The van der Waals surface area contributed by atoms with E-state index in [-0.39, 0.29) is 0 Å². The van der Waals surface area contributed by atoms with Crippen molar-refractivity contribution in [3.63, 3.8) is 0 Å². The lowest BCUT2D eigenvalue weighted by Gasteiger charge is -2.34. The predicted molar refractivity (Wildman–Crippen MR) is 85.2 cm³/mol. The first-order valence-electron chi connectivity index (χ1n) is 7.16. The first-order valence-corrected chi connectivity index (χ1v) is 7.56. The Balaban J connectivity index is 2.02. The first-order chi connectivity index (χ1) is 9.08.